The SMILES string of the molecule is COc1ccc(C)cc1NC(=O)c1nonc1C. The number of carbonyl (C=O) groups excluding carboxylic acids is 1. The molecule has 2 aromatic rings. The molecule has 1 N–H and O–H groups in total. The number of hydrogen-bond acceptors (Lipinski definition) is 5. The van der Waals surface area contributed by atoms with E-state index in [0.29, 0.717) is 17.1 Å². The van der Waals surface area contributed by atoms with Gasteiger partial charge in [-0.15, -0.1) is 0 Å². The lowest BCUT2D eigenvalue weighted by atomic mass is 10.2. The van der Waals surface area contributed by atoms with E-state index in [1.54, 1.807) is 20.1 Å². The molecular weight excluding hydrogens is 234 g/mol. The molecule has 18 heavy (non-hydrogen) atoms. The lowest BCUT2D eigenvalue weighted by Gasteiger charge is -2.09. The first-order chi connectivity index (χ1) is 8.61. The van der Waals surface area contributed by atoms with Crippen molar-refractivity contribution in [1.29, 1.82) is 0 Å². The van der Waals surface area contributed by atoms with Crippen LogP contribution < -0.4 is 10.1 Å². The van der Waals surface area contributed by atoms with Crippen molar-refractivity contribution in [3.8, 4) is 5.75 Å². The number of carbonyl (C=O) groups is 1. The average molecular weight is 247 g/mol. The third-order valence-electron chi connectivity index (χ3n) is 2.47. The Morgan fingerprint density at radius 3 is 2.72 bits per heavy atom. The van der Waals surface area contributed by atoms with Gasteiger partial charge in [0.15, 0.2) is 5.69 Å². The van der Waals surface area contributed by atoms with E-state index in [2.05, 4.69) is 20.3 Å². The maximum absolute atomic E-state index is 11.9. The van der Waals surface area contributed by atoms with Crippen LogP contribution in [0.4, 0.5) is 5.69 Å². The second kappa shape index (κ2) is 4.87. The maximum atomic E-state index is 11.9. The Kier molecular flexibility index (Phi) is 3.27. The van der Waals surface area contributed by atoms with Crippen LogP contribution in [-0.2, 0) is 0 Å². The molecule has 0 aliphatic heterocycles. The number of anilines is 1. The molecular formula is C12H13N3O3. The van der Waals surface area contributed by atoms with Crippen LogP contribution in [-0.4, -0.2) is 23.3 Å². The molecule has 1 aromatic heterocycles. The van der Waals surface area contributed by atoms with Gasteiger partial charge in [-0.3, -0.25) is 4.79 Å². The molecule has 1 aromatic carbocycles. The van der Waals surface area contributed by atoms with Gasteiger partial charge in [0.25, 0.3) is 5.91 Å². The molecule has 0 unspecified atom stereocenters. The van der Waals surface area contributed by atoms with Crippen LogP contribution in [0.15, 0.2) is 22.8 Å². The van der Waals surface area contributed by atoms with Gasteiger partial charge in [-0.05, 0) is 36.7 Å². The van der Waals surface area contributed by atoms with Crippen LogP contribution in [0, 0.1) is 13.8 Å². The Balaban J connectivity index is 2.27. The number of aromatic nitrogens is 2. The molecule has 0 spiro atoms. The van der Waals surface area contributed by atoms with Gasteiger partial charge < -0.3 is 10.1 Å². The highest BCUT2D eigenvalue weighted by atomic mass is 16.6. The Morgan fingerprint density at radius 2 is 2.11 bits per heavy atom. The van der Waals surface area contributed by atoms with Gasteiger partial charge in [-0.25, -0.2) is 4.63 Å². The second-order valence-corrected chi connectivity index (χ2v) is 3.86. The topological polar surface area (TPSA) is 77.2 Å². The Bertz CT molecular complexity index is 578. The minimum absolute atomic E-state index is 0.165. The summed E-state index contributed by atoms with van der Waals surface area (Å²) in [6, 6.07) is 5.51. The summed E-state index contributed by atoms with van der Waals surface area (Å²) < 4.78 is 9.67. The van der Waals surface area contributed by atoms with Crippen molar-refractivity contribution in [1.82, 2.24) is 10.3 Å². The van der Waals surface area contributed by atoms with E-state index in [0.717, 1.165) is 5.56 Å². The van der Waals surface area contributed by atoms with Gasteiger partial charge >= 0.3 is 0 Å². The van der Waals surface area contributed by atoms with Gasteiger partial charge in [0, 0.05) is 0 Å². The fraction of sp³-hybridized carbons (Fsp3) is 0.250. The summed E-state index contributed by atoms with van der Waals surface area (Å²) >= 11 is 0. The first kappa shape index (κ1) is 12.1. The predicted octanol–water partition coefficient (Wildman–Crippen LogP) is 1.95. The van der Waals surface area contributed by atoms with Crippen molar-refractivity contribution >= 4 is 11.6 Å². The molecule has 2 rings (SSSR count). The third-order valence-corrected chi connectivity index (χ3v) is 2.47. The molecule has 0 aliphatic rings. The first-order valence-electron chi connectivity index (χ1n) is 5.37. The zero-order chi connectivity index (χ0) is 13.1. The highest BCUT2D eigenvalue weighted by Gasteiger charge is 2.16. The van der Waals surface area contributed by atoms with Crippen molar-refractivity contribution in [2.24, 2.45) is 0 Å². The van der Waals surface area contributed by atoms with E-state index >= 15 is 0 Å². The summed E-state index contributed by atoms with van der Waals surface area (Å²) in [7, 11) is 1.54. The van der Waals surface area contributed by atoms with E-state index in [1.165, 1.54) is 0 Å². The molecule has 0 saturated carbocycles. The molecule has 6 nitrogen and oxygen atoms in total. The Morgan fingerprint density at radius 1 is 1.33 bits per heavy atom. The minimum atomic E-state index is -0.377. The van der Waals surface area contributed by atoms with Gasteiger partial charge in [0.1, 0.15) is 11.4 Å². The zero-order valence-corrected chi connectivity index (χ0v) is 10.4. The fourth-order valence-electron chi connectivity index (χ4n) is 1.54. The van der Waals surface area contributed by atoms with Crippen LogP contribution in [0.5, 0.6) is 5.75 Å². The number of methoxy groups -OCH3 is 1. The molecule has 0 fully saturated rings. The fourth-order valence-corrected chi connectivity index (χ4v) is 1.54. The molecule has 0 saturated heterocycles. The number of nitrogens with one attached hydrogen (secondary N) is 1. The summed E-state index contributed by atoms with van der Waals surface area (Å²) in [5.41, 5.74) is 2.21. The second-order valence-electron chi connectivity index (χ2n) is 3.86. The standard InChI is InChI=1S/C12H13N3O3/c1-7-4-5-10(17-3)9(6-7)13-12(16)11-8(2)14-18-15-11/h4-6H,1-3H3,(H,13,16). The van der Waals surface area contributed by atoms with Gasteiger partial charge in [-0.2, -0.15) is 0 Å². The first-order valence-corrected chi connectivity index (χ1v) is 5.37. The molecule has 1 amide bonds. The Hall–Kier alpha value is -2.37. The molecule has 94 valence electrons. The quantitative estimate of drug-likeness (QED) is 0.896. The van der Waals surface area contributed by atoms with E-state index in [9.17, 15) is 4.79 Å². The normalized spacial score (nSPS) is 10.2. The lowest BCUT2D eigenvalue weighted by Crippen LogP contribution is -2.14. The highest BCUT2D eigenvalue weighted by Crippen LogP contribution is 2.25. The van der Waals surface area contributed by atoms with E-state index in [-0.39, 0.29) is 11.6 Å². The van der Waals surface area contributed by atoms with Crippen LogP contribution in [0.1, 0.15) is 21.7 Å². The maximum Gasteiger partial charge on any atom is 0.279 e. The van der Waals surface area contributed by atoms with Crippen molar-refractivity contribution in [2.45, 2.75) is 13.8 Å². The van der Waals surface area contributed by atoms with Crippen LogP contribution in [0.2, 0.25) is 0 Å². The molecule has 1 heterocycles. The molecule has 6 heteroatoms. The smallest absolute Gasteiger partial charge is 0.279 e. The lowest BCUT2D eigenvalue weighted by molar-refractivity contribution is 0.101. The molecule has 0 aliphatic carbocycles. The van der Waals surface area contributed by atoms with Gasteiger partial charge in [0.05, 0.1) is 12.8 Å². The highest BCUT2D eigenvalue weighted by molar-refractivity contribution is 6.04. The van der Waals surface area contributed by atoms with E-state index in [1.807, 2.05) is 19.1 Å². The zero-order valence-electron chi connectivity index (χ0n) is 10.4. The van der Waals surface area contributed by atoms with Gasteiger partial charge in [0.2, 0.25) is 0 Å². The predicted molar refractivity (Wildman–Crippen MR) is 64.7 cm³/mol. The molecule has 0 atom stereocenters. The van der Waals surface area contributed by atoms with Crippen molar-refractivity contribution in [2.75, 3.05) is 12.4 Å². The summed E-state index contributed by atoms with van der Waals surface area (Å²) in [5.74, 6) is 0.209. The van der Waals surface area contributed by atoms with Crippen LogP contribution >= 0.6 is 0 Å². The number of aryl methyl sites for hydroxylation is 2. The van der Waals surface area contributed by atoms with Gasteiger partial charge in [-0.1, -0.05) is 11.2 Å². The summed E-state index contributed by atoms with van der Waals surface area (Å²) in [6.07, 6.45) is 0. The van der Waals surface area contributed by atoms with Crippen molar-refractivity contribution in [3.63, 3.8) is 0 Å². The van der Waals surface area contributed by atoms with Crippen molar-refractivity contribution in [3.05, 3.63) is 35.2 Å². The molecule has 0 radical (unpaired) electrons. The summed E-state index contributed by atoms with van der Waals surface area (Å²) in [6.45, 7) is 3.58. The number of nitrogens with zero attached hydrogens (tertiary/aromatic N) is 2. The number of hydrogen-bond donors (Lipinski definition) is 1. The largest absolute Gasteiger partial charge is 0.495 e. The summed E-state index contributed by atoms with van der Waals surface area (Å²) in [4.78, 5) is 11.9. The molecule has 0 bridgehead atoms. The van der Waals surface area contributed by atoms with E-state index in [4.69, 9.17) is 4.74 Å². The monoisotopic (exact) mass is 247 g/mol. The minimum Gasteiger partial charge on any atom is -0.495 e. The third kappa shape index (κ3) is 2.32. The van der Waals surface area contributed by atoms with E-state index < -0.39 is 0 Å². The summed E-state index contributed by atoms with van der Waals surface area (Å²) in [5, 5.41) is 9.83. The van der Waals surface area contributed by atoms with Crippen LogP contribution in [0.3, 0.4) is 0 Å². The van der Waals surface area contributed by atoms with Crippen molar-refractivity contribution < 1.29 is 14.2 Å². The average Bonchev–Trinajstić information content (AvgIpc) is 2.76. The number of rotatable bonds is 3. The number of ether oxygens (including phenoxy) is 1. The van der Waals surface area contributed by atoms with Crippen LogP contribution in [0.25, 0.3) is 0 Å². The number of benzene rings is 1. The number of amides is 1. The Labute approximate surface area is 104 Å².